The fourth-order valence-electron chi connectivity index (χ4n) is 3.24. The molecule has 0 unspecified atom stereocenters. The largest absolute Gasteiger partial charge is 0.464 e. The molecule has 6 heteroatoms. The van der Waals surface area contributed by atoms with Gasteiger partial charge in [0.1, 0.15) is 5.69 Å². The van der Waals surface area contributed by atoms with Gasteiger partial charge in [-0.2, -0.15) is 0 Å². The molecule has 0 spiro atoms. The van der Waals surface area contributed by atoms with E-state index in [1.807, 2.05) is 49.5 Å². The molecule has 26 heavy (non-hydrogen) atoms. The Morgan fingerprint density at radius 2 is 1.85 bits per heavy atom. The molecular weight excluding hydrogens is 416 g/mol. The molecule has 2 aromatic heterocycles. The molecule has 0 N–H and O–H groups in total. The van der Waals surface area contributed by atoms with E-state index in [4.69, 9.17) is 16.3 Å². The summed E-state index contributed by atoms with van der Waals surface area (Å²) in [7, 11) is 3.34. The van der Waals surface area contributed by atoms with Crippen molar-refractivity contribution in [2.24, 2.45) is 7.05 Å². The Hall–Kier alpha value is -2.37. The minimum atomic E-state index is -0.468. The van der Waals surface area contributed by atoms with Gasteiger partial charge in [-0.05, 0) is 36.4 Å². The summed E-state index contributed by atoms with van der Waals surface area (Å²) in [5, 5.41) is 2.53. The van der Waals surface area contributed by atoms with Crippen molar-refractivity contribution >= 4 is 55.3 Å². The smallest absolute Gasteiger partial charge is 0.356 e. The van der Waals surface area contributed by atoms with Crippen molar-refractivity contribution < 1.29 is 9.53 Å². The zero-order valence-corrected chi connectivity index (χ0v) is 16.4. The average molecular weight is 430 g/mol. The van der Waals surface area contributed by atoms with Gasteiger partial charge in [0.2, 0.25) is 0 Å². The average Bonchev–Trinajstić information content (AvgIpc) is 2.93. The van der Waals surface area contributed by atoms with E-state index in [9.17, 15) is 4.79 Å². The Kier molecular flexibility index (Phi) is 4.21. The number of rotatable bonds is 2. The van der Waals surface area contributed by atoms with Gasteiger partial charge in [-0.25, -0.2) is 9.78 Å². The number of hydrogen-bond donors (Lipinski definition) is 0. The molecule has 0 aliphatic rings. The first-order valence-corrected chi connectivity index (χ1v) is 9.09. The molecular formula is C20H14BrClN2O2. The van der Waals surface area contributed by atoms with Crippen LogP contribution in [0.25, 0.3) is 33.1 Å². The molecule has 4 rings (SSSR count). The van der Waals surface area contributed by atoms with Crippen LogP contribution < -0.4 is 0 Å². The number of benzene rings is 2. The van der Waals surface area contributed by atoms with Crippen LogP contribution in [0.15, 0.2) is 53.0 Å². The second-order valence-electron chi connectivity index (χ2n) is 5.97. The van der Waals surface area contributed by atoms with Gasteiger partial charge in [-0.3, -0.25) is 0 Å². The molecule has 130 valence electrons. The number of carbonyl (C=O) groups excluding carboxylic acids is 1. The van der Waals surface area contributed by atoms with E-state index in [0.717, 1.165) is 37.5 Å². The molecule has 0 saturated heterocycles. The highest BCUT2D eigenvalue weighted by Gasteiger charge is 2.19. The lowest BCUT2D eigenvalue weighted by Gasteiger charge is -2.09. The highest BCUT2D eigenvalue weighted by molar-refractivity contribution is 9.10. The number of aryl methyl sites for hydroxylation is 1. The number of methoxy groups -OCH3 is 1. The van der Waals surface area contributed by atoms with Gasteiger partial charge in [-0.15, -0.1) is 0 Å². The summed E-state index contributed by atoms with van der Waals surface area (Å²) in [5.74, 6) is -0.468. The SMILES string of the molecule is COC(=O)c1cc2c3cc(Cl)ccc3n(C)c2c(-c2ccc(Br)cc2)n1. The number of carbonyl (C=O) groups is 1. The van der Waals surface area contributed by atoms with Crippen LogP contribution in [-0.4, -0.2) is 22.6 Å². The highest BCUT2D eigenvalue weighted by atomic mass is 79.9. The molecule has 2 heterocycles. The Bertz CT molecular complexity index is 1170. The maximum Gasteiger partial charge on any atom is 0.356 e. The summed E-state index contributed by atoms with van der Waals surface area (Å²) in [6.45, 7) is 0. The molecule has 4 nitrogen and oxygen atoms in total. The second-order valence-corrected chi connectivity index (χ2v) is 7.32. The number of esters is 1. The zero-order valence-electron chi connectivity index (χ0n) is 14.1. The Balaban J connectivity index is 2.16. The van der Waals surface area contributed by atoms with Gasteiger partial charge in [0.15, 0.2) is 0 Å². The first kappa shape index (κ1) is 17.1. The number of pyridine rings is 1. The van der Waals surface area contributed by atoms with Crippen LogP contribution >= 0.6 is 27.5 Å². The monoisotopic (exact) mass is 428 g/mol. The van der Waals surface area contributed by atoms with Crippen molar-refractivity contribution in [1.82, 2.24) is 9.55 Å². The van der Waals surface area contributed by atoms with Gasteiger partial charge in [0, 0.05) is 38.4 Å². The van der Waals surface area contributed by atoms with Crippen molar-refractivity contribution in [3.8, 4) is 11.3 Å². The minimum Gasteiger partial charge on any atom is -0.464 e. The standard InChI is InChI=1S/C20H14BrClN2O2/c1-24-17-8-7-13(22)9-14(17)15-10-16(20(25)26-2)23-18(19(15)24)11-3-5-12(21)6-4-11/h3-10H,1-2H3. The Morgan fingerprint density at radius 3 is 2.54 bits per heavy atom. The first-order chi connectivity index (χ1) is 12.5. The van der Waals surface area contributed by atoms with Crippen molar-refractivity contribution in [2.45, 2.75) is 0 Å². The number of aromatic nitrogens is 2. The third-order valence-electron chi connectivity index (χ3n) is 4.45. The van der Waals surface area contributed by atoms with Crippen LogP contribution in [0.1, 0.15) is 10.5 Å². The van der Waals surface area contributed by atoms with Crippen molar-refractivity contribution in [3.63, 3.8) is 0 Å². The van der Waals surface area contributed by atoms with Crippen molar-refractivity contribution in [3.05, 3.63) is 63.7 Å². The summed E-state index contributed by atoms with van der Waals surface area (Å²) in [6, 6.07) is 15.3. The molecule has 2 aromatic carbocycles. The third kappa shape index (κ3) is 2.68. The molecule has 4 aromatic rings. The number of hydrogen-bond acceptors (Lipinski definition) is 3. The molecule has 0 aliphatic heterocycles. The van der Waals surface area contributed by atoms with E-state index in [1.165, 1.54) is 7.11 Å². The van der Waals surface area contributed by atoms with E-state index in [2.05, 4.69) is 25.5 Å². The summed E-state index contributed by atoms with van der Waals surface area (Å²) in [6.07, 6.45) is 0. The van der Waals surface area contributed by atoms with Crippen LogP contribution in [0.4, 0.5) is 0 Å². The van der Waals surface area contributed by atoms with Gasteiger partial charge in [-0.1, -0.05) is 39.7 Å². The van der Waals surface area contributed by atoms with Crippen LogP contribution in [0.5, 0.6) is 0 Å². The first-order valence-electron chi connectivity index (χ1n) is 7.92. The molecule has 0 atom stereocenters. The van der Waals surface area contributed by atoms with Gasteiger partial charge < -0.3 is 9.30 Å². The number of ether oxygens (including phenoxy) is 1. The minimum absolute atomic E-state index is 0.269. The molecule has 0 amide bonds. The third-order valence-corrected chi connectivity index (χ3v) is 5.21. The number of fused-ring (bicyclic) bond motifs is 3. The number of nitrogens with zero attached hydrogens (tertiary/aromatic N) is 2. The van der Waals surface area contributed by atoms with Crippen LogP contribution in [0.2, 0.25) is 5.02 Å². The lowest BCUT2D eigenvalue weighted by molar-refractivity contribution is 0.0594. The summed E-state index contributed by atoms with van der Waals surface area (Å²) < 4.78 is 7.95. The van der Waals surface area contributed by atoms with E-state index >= 15 is 0 Å². The fraction of sp³-hybridized carbons (Fsp3) is 0.100. The van der Waals surface area contributed by atoms with E-state index in [1.54, 1.807) is 6.07 Å². The van der Waals surface area contributed by atoms with Crippen LogP contribution in [0, 0.1) is 0 Å². The summed E-state index contributed by atoms with van der Waals surface area (Å²) in [5.41, 5.74) is 3.88. The van der Waals surface area contributed by atoms with Crippen molar-refractivity contribution in [1.29, 1.82) is 0 Å². The lowest BCUT2D eigenvalue weighted by Crippen LogP contribution is -2.06. The van der Waals surface area contributed by atoms with E-state index in [0.29, 0.717) is 5.02 Å². The van der Waals surface area contributed by atoms with Gasteiger partial charge in [0.05, 0.1) is 18.3 Å². The van der Waals surface area contributed by atoms with E-state index in [-0.39, 0.29) is 5.69 Å². The Labute approximate surface area is 163 Å². The van der Waals surface area contributed by atoms with Gasteiger partial charge >= 0.3 is 5.97 Å². The maximum absolute atomic E-state index is 12.2. The van der Waals surface area contributed by atoms with Gasteiger partial charge in [0.25, 0.3) is 0 Å². The fourth-order valence-corrected chi connectivity index (χ4v) is 3.67. The predicted octanol–water partition coefficient (Wildman–Crippen LogP) is 5.60. The maximum atomic E-state index is 12.2. The molecule has 0 bridgehead atoms. The predicted molar refractivity (Wildman–Crippen MR) is 108 cm³/mol. The molecule has 0 saturated carbocycles. The van der Waals surface area contributed by atoms with E-state index < -0.39 is 5.97 Å². The van der Waals surface area contributed by atoms with Crippen LogP contribution in [0.3, 0.4) is 0 Å². The van der Waals surface area contributed by atoms with Crippen molar-refractivity contribution in [2.75, 3.05) is 7.11 Å². The second kappa shape index (κ2) is 6.41. The number of halogens is 2. The molecule has 0 radical (unpaired) electrons. The Morgan fingerprint density at radius 1 is 1.12 bits per heavy atom. The summed E-state index contributed by atoms with van der Waals surface area (Å²) in [4.78, 5) is 16.8. The molecule has 0 fully saturated rings. The molecule has 0 aliphatic carbocycles. The summed E-state index contributed by atoms with van der Waals surface area (Å²) >= 11 is 9.66. The van der Waals surface area contributed by atoms with Crippen LogP contribution in [-0.2, 0) is 11.8 Å². The highest BCUT2D eigenvalue weighted by Crippen LogP contribution is 2.36. The normalized spacial score (nSPS) is 11.2. The topological polar surface area (TPSA) is 44.1 Å². The quantitative estimate of drug-likeness (QED) is 0.390. The lowest BCUT2D eigenvalue weighted by atomic mass is 10.1. The zero-order chi connectivity index (χ0) is 18.4.